The second kappa shape index (κ2) is 12.0. The Morgan fingerprint density at radius 2 is 1.55 bits per heavy atom. The molecule has 4 nitrogen and oxygen atoms in total. The highest BCUT2D eigenvalue weighted by molar-refractivity contribution is 5.19. The van der Waals surface area contributed by atoms with Crippen molar-refractivity contribution in [3.63, 3.8) is 0 Å². The molecule has 9 fully saturated rings. The van der Waals surface area contributed by atoms with E-state index in [1.54, 1.807) is 0 Å². The second-order valence-corrected chi connectivity index (χ2v) is 20.6. The van der Waals surface area contributed by atoms with E-state index in [2.05, 4.69) is 42.2 Å². The lowest BCUT2D eigenvalue weighted by Crippen LogP contribution is -2.71. The van der Waals surface area contributed by atoms with Gasteiger partial charge in [-0.2, -0.15) is 0 Å². The van der Waals surface area contributed by atoms with Crippen molar-refractivity contribution in [3.8, 4) is 0 Å². The van der Waals surface area contributed by atoms with Gasteiger partial charge in [-0.25, -0.2) is 0 Å². The maximum atomic E-state index is 13.8. The van der Waals surface area contributed by atoms with Crippen LogP contribution in [0.25, 0.3) is 0 Å². The largest absolute Gasteiger partial charge is 0.393 e. The molecule has 2 spiro atoms. The van der Waals surface area contributed by atoms with Gasteiger partial charge in [-0.05, 0) is 191 Å². The molecule has 7 saturated carbocycles. The van der Waals surface area contributed by atoms with Crippen LogP contribution >= 0.6 is 0 Å². The van der Waals surface area contributed by atoms with Crippen molar-refractivity contribution in [3.05, 3.63) is 35.9 Å². The highest BCUT2D eigenvalue weighted by Gasteiger charge is 2.68. The Labute approximate surface area is 297 Å². The van der Waals surface area contributed by atoms with E-state index in [9.17, 15) is 15.3 Å². The molecule has 1 aromatic rings. The van der Waals surface area contributed by atoms with Gasteiger partial charge in [0, 0.05) is 19.1 Å². The summed E-state index contributed by atoms with van der Waals surface area (Å²) in [4.78, 5) is 2.87. The minimum atomic E-state index is -0.544. The SMILES string of the molecule is C[C@@H]1CC[C@H]2N(CC3C(CC[C@@H]4[C@@H]5C[C@H](O)[C@@H]6C[C@@H](O)[C@H]7CCC[C@]6(C7)[C@@H]5C[C@H]34)[C@@]2(O)[C@@H]2CCC[C@@]3(CC[C@@H](Cc4ccccc4)C3)C2)C1. The fraction of sp³-hybridized carbons (Fsp3) is 0.867. The molecular weight excluding hydrogens is 602 g/mol. The Bertz CT molecular complexity index is 1370. The summed E-state index contributed by atoms with van der Waals surface area (Å²) in [5, 5.41) is 36.7. The fourth-order valence-corrected chi connectivity index (χ4v) is 17.0. The third kappa shape index (κ3) is 5.01. The Kier molecular flexibility index (Phi) is 8.03. The number of aliphatic hydroxyl groups is 3. The van der Waals surface area contributed by atoms with Crippen LogP contribution in [0.2, 0.25) is 0 Å². The number of benzene rings is 1. The zero-order chi connectivity index (χ0) is 33.1. The first kappa shape index (κ1) is 32.7. The highest BCUT2D eigenvalue weighted by atomic mass is 16.3. The Hall–Kier alpha value is -0.940. The molecule has 270 valence electrons. The number of hydrogen-bond donors (Lipinski definition) is 3. The Balaban J connectivity index is 0.945. The average Bonchev–Trinajstić information content (AvgIpc) is 3.68. The Morgan fingerprint density at radius 1 is 0.694 bits per heavy atom. The van der Waals surface area contributed by atoms with Crippen molar-refractivity contribution in [1.29, 1.82) is 0 Å². The lowest BCUT2D eigenvalue weighted by molar-refractivity contribution is -0.221. The lowest BCUT2D eigenvalue weighted by atomic mass is 9.45. The number of nitrogens with zero attached hydrogens (tertiary/aromatic N) is 1. The highest BCUT2D eigenvalue weighted by Crippen LogP contribution is 2.71. The number of aliphatic hydroxyl groups excluding tert-OH is 2. The maximum Gasteiger partial charge on any atom is 0.0861 e. The third-order valence-corrected chi connectivity index (χ3v) is 18.6. The molecule has 10 rings (SSSR count). The van der Waals surface area contributed by atoms with Gasteiger partial charge in [0.1, 0.15) is 0 Å². The van der Waals surface area contributed by atoms with Gasteiger partial charge in [0.2, 0.25) is 0 Å². The first-order valence-electron chi connectivity index (χ1n) is 21.6. The van der Waals surface area contributed by atoms with Gasteiger partial charge in [0.05, 0.1) is 17.8 Å². The summed E-state index contributed by atoms with van der Waals surface area (Å²) in [5.41, 5.74) is 1.68. The summed E-state index contributed by atoms with van der Waals surface area (Å²) in [6, 6.07) is 11.6. The number of rotatable bonds is 3. The van der Waals surface area contributed by atoms with E-state index in [1.165, 1.54) is 128 Å². The van der Waals surface area contributed by atoms with E-state index in [-0.39, 0.29) is 17.6 Å². The van der Waals surface area contributed by atoms with Crippen LogP contribution in [0.4, 0.5) is 0 Å². The predicted octanol–water partition coefficient (Wildman–Crippen LogP) is 8.27. The van der Waals surface area contributed by atoms with Gasteiger partial charge in [-0.1, -0.05) is 50.1 Å². The molecule has 0 amide bonds. The van der Waals surface area contributed by atoms with E-state index < -0.39 is 5.60 Å². The first-order chi connectivity index (χ1) is 23.8. The molecule has 2 unspecified atom stereocenters. The minimum Gasteiger partial charge on any atom is -0.393 e. The summed E-state index contributed by atoms with van der Waals surface area (Å²) in [6.07, 6.45) is 23.2. The molecule has 2 saturated heterocycles. The third-order valence-electron chi connectivity index (χ3n) is 18.6. The molecule has 4 heteroatoms. The van der Waals surface area contributed by atoms with Crippen LogP contribution in [0.3, 0.4) is 0 Å². The standard InChI is InChI=1S/C45H67NO3/c1-28-11-14-42-45(49,32-10-6-16-43(25-32)18-15-30(23-43)19-29-7-3-2-4-8-29)37-13-12-33-34(36(37)27-46(42)26-28)20-38-35(33)21-41(48)39-22-40(47)31-9-5-17-44(38,39)24-31/h2-4,7-8,28,30-42,47-49H,5-6,9-27H2,1H3/t28-,30+,31+,32-,33+,34+,35+,36?,37?,38-,39+,40-,41+,42-,43+,44+,45+/m1/s1. The first-order valence-corrected chi connectivity index (χ1v) is 21.6. The summed E-state index contributed by atoms with van der Waals surface area (Å²) in [6.45, 7) is 4.87. The second-order valence-electron chi connectivity index (χ2n) is 20.6. The van der Waals surface area contributed by atoms with Crippen LogP contribution in [0.1, 0.15) is 128 Å². The molecule has 9 aliphatic rings. The lowest BCUT2D eigenvalue weighted by Gasteiger charge is -2.64. The van der Waals surface area contributed by atoms with Gasteiger partial charge in [0.25, 0.3) is 0 Å². The topological polar surface area (TPSA) is 63.9 Å². The summed E-state index contributed by atoms with van der Waals surface area (Å²) in [5.74, 6) is 6.67. The van der Waals surface area contributed by atoms with Gasteiger partial charge >= 0.3 is 0 Å². The van der Waals surface area contributed by atoms with E-state index in [0.29, 0.717) is 52.9 Å². The molecular formula is C45H67NO3. The summed E-state index contributed by atoms with van der Waals surface area (Å²) < 4.78 is 0. The van der Waals surface area contributed by atoms with Crippen LogP contribution in [0.15, 0.2) is 30.3 Å². The van der Waals surface area contributed by atoms with Gasteiger partial charge in [-0.3, -0.25) is 4.90 Å². The molecule has 17 atom stereocenters. The van der Waals surface area contributed by atoms with Crippen molar-refractivity contribution in [2.75, 3.05) is 13.1 Å². The van der Waals surface area contributed by atoms with Gasteiger partial charge < -0.3 is 15.3 Å². The average molecular weight is 670 g/mol. The quantitative estimate of drug-likeness (QED) is 0.303. The van der Waals surface area contributed by atoms with Crippen molar-refractivity contribution < 1.29 is 15.3 Å². The van der Waals surface area contributed by atoms with Crippen LogP contribution in [-0.2, 0) is 6.42 Å². The molecule has 3 N–H and O–H groups in total. The normalized spacial score (nSPS) is 55.2. The van der Waals surface area contributed by atoms with E-state index in [1.807, 2.05) is 0 Å². The molecule has 49 heavy (non-hydrogen) atoms. The van der Waals surface area contributed by atoms with Crippen molar-refractivity contribution in [2.24, 2.45) is 75.9 Å². The molecule has 7 aliphatic carbocycles. The van der Waals surface area contributed by atoms with Crippen molar-refractivity contribution in [2.45, 2.75) is 153 Å². The Morgan fingerprint density at radius 3 is 2.43 bits per heavy atom. The monoisotopic (exact) mass is 670 g/mol. The van der Waals surface area contributed by atoms with Crippen LogP contribution in [0.5, 0.6) is 0 Å². The predicted molar refractivity (Wildman–Crippen MR) is 195 cm³/mol. The number of fused-ring (bicyclic) bond motifs is 7. The smallest absolute Gasteiger partial charge is 0.0861 e. The molecule has 2 heterocycles. The van der Waals surface area contributed by atoms with E-state index >= 15 is 0 Å². The molecule has 2 bridgehead atoms. The van der Waals surface area contributed by atoms with Crippen molar-refractivity contribution in [1.82, 2.24) is 4.90 Å². The van der Waals surface area contributed by atoms with Gasteiger partial charge in [0.15, 0.2) is 0 Å². The molecule has 0 radical (unpaired) electrons. The number of hydrogen-bond acceptors (Lipinski definition) is 4. The van der Waals surface area contributed by atoms with Crippen LogP contribution in [0, 0.1) is 75.9 Å². The van der Waals surface area contributed by atoms with Crippen LogP contribution < -0.4 is 0 Å². The van der Waals surface area contributed by atoms with Crippen LogP contribution in [-0.4, -0.2) is 57.2 Å². The zero-order valence-corrected chi connectivity index (χ0v) is 30.6. The number of piperidine rings is 2. The van der Waals surface area contributed by atoms with Gasteiger partial charge in [-0.15, -0.1) is 0 Å². The summed E-state index contributed by atoms with van der Waals surface area (Å²) in [7, 11) is 0. The molecule has 0 aromatic heterocycles. The van der Waals surface area contributed by atoms with E-state index in [0.717, 1.165) is 36.5 Å². The minimum absolute atomic E-state index is 0.198. The van der Waals surface area contributed by atoms with E-state index in [4.69, 9.17) is 0 Å². The molecule has 1 aromatic carbocycles. The zero-order valence-electron chi connectivity index (χ0n) is 30.6. The maximum absolute atomic E-state index is 13.8. The molecule has 2 aliphatic heterocycles. The summed E-state index contributed by atoms with van der Waals surface area (Å²) >= 11 is 0. The fourth-order valence-electron chi connectivity index (χ4n) is 17.0. The van der Waals surface area contributed by atoms with Crippen molar-refractivity contribution >= 4 is 0 Å².